The van der Waals surface area contributed by atoms with E-state index in [1.807, 2.05) is 32.0 Å². The lowest BCUT2D eigenvalue weighted by Crippen LogP contribution is -2.28. The Morgan fingerprint density at radius 1 is 1.14 bits per heavy atom. The molecule has 1 atom stereocenters. The van der Waals surface area contributed by atoms with Crippen molar-refractivity contribution in [3.8, 4) is 5.75 Å². The lowest BCUT2D eigenvalue weighted by Gasteiger charge is -2.17. The van der Waals surface area contributed by atoms with E-state index in [4.69, 9.17) is 9.47 Å². The molecule has 152 valence electrons. The Kier molecular flexibility index (Phi) is 6.16. The van der Waals surface area contributed by atoms with E-state index in [0.717, 1.165) is 11.1 Å². The maximum absolute atomic E-state index is 12.4. The minimum absolute atomic E-state index is 0.0503. The lowest BCUT2D eigenvalue weighted by molar-refractivity contribution is -0.151. The molecule has 29 heavy (non-hydrogen) atoms. The molecule has 0 bridgehead atoms. The second-order valence-electron chi connectivity index (χ2n) is 7.14. The van der Waals surface area contributed by atoms with Gasteiger partial charge in [0.2, 0.25) is 5.91 Å². The van der Waals surface area contributed by atoms with Crippen LogP contribution < -0.4 is 15.0 Å². The van der Waals surface area contributed by atoms with E-state index in [9.17, 15) is 14.4 Å². The van der Waals surface area contributed by atoms with E-state index in [1.165, 1.54) is 4.90 Å². The highest BCUT2D eigenvalue weighted by molar-refractivity contribution is 6.00. The van der Waals surface area contributed by atoms with Gasteiger partial charge in [0, 0.05) is 30.4 Å². The van der Waals surface area contributed by atoms with E-state index < -0.39 is 24.4 Å². The first-order chi connectivity index (χ1) is 13.9. The summed E-state index contributed by atoms with van der Waals surface area (Å²) in [6, 6.07) is 12.8. The maximum atomic E-state index is 12.4. The first kappa shape index (κ1) is 20.4. The molecule has 0 aromatic heterocycles. The molecule has 0 saturated carbocycles. The molecule has 1 heterocycles. The highest BCUT2D eigenvalue weighted by Gasteiger charge is 2.36. The first-order valence-corrected chi connectivity index (χ1v) is 9.35. The Hall–Kier alpha value is -3.35. The minimum Gasteiger partial charge on any atom is -0.497 e. The monoisotopic (exact) mass is 396 g/mol. The zero-order valence-corrected chi connectivity index (χ0v) is 16.7. The summed E-state index contributed by atoms with van der Waals surface area (Å²) in [7, 11) is 1.55. The zero-order chi connectivity index (χ0) is 21.0. The smallest absolute Gasteiger partial charge is 0.311 e. The van der Waals surface area contributed by atoms with Gasteiger partial charge in [-0.1, -0.05) is 12.1 Å². The molecule has 0 unspecified atom stereocenters. The van der Waals surface area contributed by atoms with Gasteiger partial charge in [0.05, 0.1) is 13.0 Å². The number of esters is 1. The number of ether oxygens (including phenoxy) is 2. The van der Waals surface area contributed by atoms with Crippen LogP contribution in [0.15, 0.2) is 42.5 Å². The van der Waals surface area contributed by atoms with Gasteiger partial charge in [-0.2, -0.15) is 0 Å². The summed E-state index contributed by atoms with van der Waals surface area (Å²) in [5, 5.41) is 2.72. The third kappa shape index (κ3) is 5.13. The number of amides is 2. The van der Waals surface area contributed by atoms with Crippen molar-refractivity contribution in [3.05, 3.63) is 53.6 Å². The molecule has 2 aromatic rings. The summed E-state index contributed by atoms with van der Waals surface area (Å²) >= 11 is 0. The first-order valence-electron chi connectivity index (χ1n) is 9.35. The molecular formula is C22H24N2O5. The van der Waals surface area contributed by atoms with E-state index in [-0.39, 0.29) is 18.9 Å². The number of carbonyl (C=O) groups excluding carboxylic acids is 3. The number of hydrogen-bond acceptors (Lipinski definition) is 5. The van der Waals surface area contributed by atoms with Gasteiger partial charge in [0.1, 0.15) is 5.75 Å². The van der Waals surface area contributed by atoms with Crippen molar-refractivity contribution >= 4 is 29.2 Å². The third-order valence-electron chi connectivity index (χ3n) is 4.67. The van der Waals surface area contributed by atoms with Crippen molar-refractivity contribution in [2.45, 2.75) is 20.3 Å². The molecule has 1 N–H and O–H groups in total. The highest BCUT2D eigenvalue weighted by Crippen LogP contribution is 2.28. The van der Waals surface area contributed by atoms with E-state index >= 15 is 0 Å². The molecule has 1 aliphatic heterocycles. The lowest BCUT2D eigenvalue weighted by atomic mass is 10.1. The number of aryl methyl sites for hydroxylation is 2. The normalized spacial score (nSPS) is 15.9. The number of anilines is 2. The summed E-state index contributed by atoms with van der Waals surface area (Å²) in [6.45, 7) is 3.70. The van der Waals surface area contributed by atoms with Crippen molar-refractivity contribution in [1.29, 1.82) is 0 Å². The number of benzene rings is 2. The second kappa shape index (κ2) is 8.77. The Morgan fingerprint density at radius 3 is 2.55 bits per heavy atom. The van der Waals surface area contributed by atoms with Gasteiger partial charge in [0.25, 0.3) is 5.91 Å². The van der Waals surface area contributed by atoms with Gasteiger partial charge in [-0.15, -0.1) is 0 Å². The molecule has 2 aromatic carbocycles. The van der Waals surface area contributed by atoms with E-state index in [2.05, 4.69) is 5.32 Å². The van der Waals surface area contributed by atoms with Crippen LogP contribution in [0.1, 0.15) is 17.5 Å². The summed E-state index contributed by atoms with van der Waals surface area (Å²) in [5.41, 5.74) is 3.37. The van der Waals surface area contributed by atoms with Gasteiger partial charge in [-0.25, -0.2) is 0 Å². The molecule has 1 saturated heterocycles. The molecule has 1 aliphatic rings. The van der Waals surface area contributed by atoms with Crippen molar-refractivity contribution in [1.82, 2.24) is 0 Å². The number of rotatable bonds is 6. The molecule has 7 nitrogen and oxygen atoms in total. The van der Waals surface area contributed by atoms with Gasteiger partial charge in [-0.3, -0.25) is 14.4 Å². The van der Waals surface area contributed by atoms with Crippen LogP contribution in [0, 0.1) is 19.8 Å². The van der Waals surface area contributed by atoms with Crippen LogP contribution in [0.3, 0.4) is 0 Å². The van der Waals surface area contributed by atoms with Crippen LogP contribution in [0.2, 0.25) is 0 Å². The van der Waals surface area contributed by atoms with E-state index in [1.54, 1.807) is 31.4 Å². The molecule has 1 fully saturated rings. The van der Waals surface area contributed by atoms with Crippen LogP contribution >= 0.6 is 0 Å². The Balaban J connectivity index is 1.54. The Morgan fingerprint density at radius 2 is 1.86 bits per heavy atom. The van der Waals surface area contributed by atoms with Gasteiger partial charge < -0.3 is 19.7 Å². The maximum Gasteiger partial charge on any atom is 0.311 e. The van der Waals surface area contributed by atoms with Gasteiger partial charge in [-0.05, 0) is 49.2 Å². The zero-order valence-electron chi connectivity index (χ0n) is 16.7. The average Bonchev–Trinajstić information content (AvgIpc) is 3.07. The number of methoxy groups -OCH3 is 1. The van der Waals surface area contributed by atoms with Crippen LogP contribution in [0.5, 0.6) is 5.75 Å². The summed E-state index contributed by atoms with van der Waals surface area (Å²) in [5.74, 6) is -1.12. The summed E-state index contributed by atoms with van der Waals surface area (Å²) < 4.78 is 10.3. The molecular weight excluding hydrogens is 372 g/mol. The summed E-state index contributed by atoms with van der Waals surface area (Å²) in [6.07, 6.45) is 0.0503. The van der Waals surface area contributed by atoms with Crippen molar-refractivity contribution < 1.29 is 23.9 Å². The molecule has 0 radical (unpaired) electrons. The third-order valence-corrected chi connectivity index (χ3v) is 4.67. The van der Waals surface area contributed by atoms with Crippen LogP contribution in [0.25, 0.3) is 0 Å². The predicted molar refractivity (Wildman–Crippen MR) is 109 cm³/mol. The van der Waals surface area contributed by atoms with Crippen molar-refractivity contribution in [2.24, 2.45) is 5.92 Å². The topological polar surface area (TPSA) is 84.9 Å². The fourth-order valence-electron chi connectivity index (χ4n) is 3.39. The quantitative estimate of drug-likeness (QED) is 0.759. The fourth-order valence-corrected chi connectivity index (χ4v) is 3.39. The molecule has 2 amide bonds. The van der Waals surface area contributed by atoms with Gasteiger partial charge >= 0.3 is 5.97 Å². The number of nitrogens with zero attached hydrogens (tertiary/aromatic N) is 1. The number of carbonyl (C=O) groups is 3. The molecule has 0 spiro atoms. The number of hydrogen-bond donors (Lipinski definition) is 1. The average molecular weight is 396 g/mol. The highest BCUT2D eigenvalue weighted by atomic mass is 16.5. The second-order valence-corrected chi connectivity index (χ2v) is 7.14. The fraction of sp³-hybridized carbons (Fsp3) is 0.318. The molecule has 3 rings (SSSR count). The minimum atomic E-state index is -0.609. The number of nitrogens with one attached hydrogen (secondary N) is 1. The van der Waals surface area contributed by atoms with Gasteiger partial charge in [0.15, 0.2) is 6.61 Å². The van der Waals surface area contributed by atoms with Crippen LogP contribution in [-0.4, -0.2) is 38.0 Å². The largest absolute Gasteiger partial charge is 0.497 e. The standard InChI is InChI=1S/C22H24N2O5/c1-14-7-15(2)9-17(8-14)23-20(25)13-29-22(27)16-10-21(26)24(12-16)18-5-4-6-19(11-18)28-3/h4-9,11,16H,10,12-13H2,1-3H3,(H,23,25)/t16-/m0/s1. The summed E-state index contributed by atoms with van der Waals surface area (Å²) in [4.78, 5) is 38.3. The Labute approximate surface area is 169 Å². The Bertz CT molecular complexity index is 920. The van der Waals surface area contributed by atoms with E-state index in [0.29, 0.717) is 17.1 Å². The van der Waals surface area contributed by atoms with Crippen LogP contribution in [0.4, 0.5) is 11.4 Å². The van der Waals surface area contributed by atoms with Crippen molar-refractivity contribution in [3.63, 3.8) is 0 Å². The molecule has 0 aliphatic carbocycles. The predicted octanol–water partition coefficient (Wildman–Crippen LogP) is 2.85. The van der Waals surface area contributed by atoms with Crippen molar-refractivity contribution in [2.75, 3.05) is 30.5 Å². The molecule has 7 heteroatoms. The van der Waals surface area contributed by atoms with Crippen LogP contribution in [-0.2, 0) is 19.1 Å². The SMILES string of the molecule is COc1cccc(N2C[C@@H](C(=O)OCC(=O)Nc3cc(C)cc(C)c3)CC2=O)c1.